The zero-order valence-electron chi connectivity index (χ0n) is 24.6. The maximum absolute atomic E-state index is 14.0. The van der Waals surface area contributed by atoms with Crippen LogP contribution in [0.15, 0.2) is 23.0 Å². The minimum atomic E-state index is -2.66. The number of phenols is 1. The van der Waals surface area contributed by atoms with Gasteiger partial charge in [-0.2, -0.15) is 0 Å². The number of phenolic OH excluding ortho intramolecular Hbond substituents is 1. The zero-order chi connectivity index (χ0) is 30.7. The highest BCUT2D eigenvalue weighted by Crippen LogP contribution is 2.54. The molecule has 228 valence electrons. The number of benzene rings is 1. The van der Waals surface area contributed by atoms with Crippen molar-refractivity contribution in [2.45, 2.75) is 63.1 Å². The molecule has 11 heteroatoms. The summed E-state index contributed by atoms with van der Waals surface area (Å²) in [6.07, 6.45) is 6.37. The number of nitrogens with two attached hydrogens (primary N) is 1. The SMILES string of the molecule is COc1c(CN(C)CC2CCCCC2)cc(O)c2c1C[C@H]1C[C@H]3[C@H](N(C)C)C(=O)C(C(N)=O)=C(O)[C@@]3(O)C(=O)C1=C2O. The number of methoxy groups -OCH3 is 1. The number of fused-ring (bicyclic) bond motifs is 3. The van der Waals surface area contributed by atoms with Gasteiger partial charge < -0.3 is 35.8 Å². The van der Waals surface area contributed by atoms with Crippen molar-refractivity contribution >= 4 is 23.2 Å². The van der Waals surface area contributed by atoms with E-state index in [1.165, 1.54) is 50.2 Å². The second-order valence-electron chi connectivity index (χ2n) is 12.6. The van der Waals surface area contributed by atoms with Crippen LogP contribution in [0.2, 0.25) is 0 Å². The van der Waals surface area contributed by atoms with Gasteiger partial charge in [0.15, 0.2) is 11.4 Å². The summed E-state index contributed by atoms with van der Waals surface area (Å²) in [5.74, 6) is -5.60. The van der Waals surface area contributed by atoms with E-state index in [9.17, 15) is 34.8 Å². The molecule has 0 radical (unpaired) electrons. The van der Waals surface area contributed by atoms with E-state index in [-0.39, 0.29) is 29.7 Å². The number of carbonyl (C=O) groups is 3. The molecule has 4 aliphatic rings. The Kier molecular flexibility index (Phi) is 7.88. The van der Waals surface area contributed by atoms with Gasteiger partial charge in [-0.15, -0.1) is 0 Å². The van der Waals surface area contributed by atoms with Crippen LogP contribution in [0.3, 0.4) is 0 Å². The Bertz CT molecular complexity index is 1390. The third kappa shape index (κ3) is 4.58. The van der Waals surface area contributed by atoms with E-state index in [0.29, 0.717) is 23.8 Å². The number of primary amides is 1. The molecule has 0 aliphatic heterocycles. The van der Waals surface area contributed by atoms with Crippen LogP contribution in [0.1, 0.15) is 55.2 Å². The molecular formula is C31H41N3O8. The lowest BCUT2D eigenvalue weighted by Crippen LogP contribution is -2.65. The second-order valence-corrected chi connectivity index (χ2v) is 12.6. The van der Waals surface area contributed by atoms with Gasteiger partial charge in [-0.25, -0.2) is 0 Å². The Labute approximate surface area is 245 Å². The second kappa shape index (κ2) is 11.0. The van der Waals surface area contributed by atoms with Crippen molar-refractivity contribution in [3.05, 3.63) is 39.7 Å². The first-order chi connectivity index (χ1) is 19.8. The molecule has 0 saturated heterocycles. The maximum atomic E-state index is 14.0. The molecule has 2 fully saturated rings. The Balaban J connectivity index is 1.58. The van der Waals surface area contributed by atoms with Gasteiger partial charge in [-0.3, -0.25) is 19.3 Å². The minimum Gasteiger partial charge on any atom is -0.508 e. The number of rotatable bonds is 7. The largest absolute Gasteiger partial charge is 0.508 e. The normalized spacial score (nSPS) is 28.2. The smallest absolute Gasteiger partial charge is 0.255 e. The highest BCUT2D eigenvalue weighted by Gasteiger charge is 2.64. The number of ketones is 2. The number of carbonyl (C=O) groups excluding carboxylic acids is 3. The van der Waals surface area contributed by atoms with Gasteiger partial charge in [-0.05, 0) is 64.7 Å². The molecular weight excluding hydrogens is 542 g/mol. The van der Waals surface area contributed by atoms with Crippen LogP contribution in [-0.4, -0.2) is 94.1 Å². The average Bonchev–Trinajstić information content (AvgIpc) is 2.91. The summed E-state index contributed by atoms with van der Waals surface area (Å²) in [5, 5.41) is 45.3. The molecule has 0 unspecified atom stereocenters. The number of hydrogen-bond acceptors (Lipinski definition) is 10. The van der Waals surface area contributed by atoms with Crippen LogP contribution in [0.5, 0.6) is 11.5 Å². The van der Waals surface area contributed by atoms with Crippen molar-refractivity contribution in [1.82, 2.24) is 9.80 Å². The van der Waals surface area contributed by atoms with Crippen molar-refractivity contribution < 1.29 is 39.5 Å². The Morgan fingerprint density at radius 3 is 2.38 bits per heavy atom. The monoisotopic (exact) mass is 583 g/mol. The summed E-state index contributed by atoms with van der Waals surface area (Å²) in [6.45, 7) is 1.42. The highest BCUT2D eigenvalue weighted by atomic mass is 16.5. The first-order valence-electron chi connectivity index (χ1n) is 14.6. The van der Waals surface area contributed by atoms with Crippen molar-refractivity contribution in [3.63, 3.8) is 0 Å². The summed E-state index contributed by atoms with van der Waals surface area (Å²) >= 11 is 0. The molecule has 4 aliphatic carbocycles. The molecule has 0 bridgehead atoms. The summed E-state index contributed by atoms with van der Waals surface area (Å²) in [6, 6.07) is 0.401. The van der Waals surface area contributed by atoms with Crippen LogP contribution in [-0.2, 0) is 27.3 Å². The predicted molar refractivity (Wildman–Crippen MR) is 154 cm³/mol. The maximum Gasteiger partial charge on any atom is 0.255 e. The van der Waals surface area contributed by atoms with Crippen molar-refractivity contribution in [2.24, 2.45) is 23.5 Å². The number of nitrogens with zero attached hydrogens (tertiary/aromatic N) is 2. The average molecular weight is 584 g/mol. The predicted octanol–water partition coefficient (Wildman–Crippen LogP) is 1.98. The fourth-order valence-corrected chi connectivity index (χ4v) is 7.89. The number of ether oxygens (including phenoxy) is 1. The molecule has 0 aromatic heterocycles. The minimum absolute atomic E-state index is 0.0293. The van der Waals surface area contributed by atoms with Crippen molar-refractivity contribution in [2.75, 3.05) is 34.8 Å². The third-order valence-corrected chi connectivity index (χ3v) is 9.69. The van der Waals surface area contributed by atoms with Gasteiger partial charge >= 0.3 is 0 Å². The molecule has 1 aromatic rings. The zero-order valence-corrected chi connectivity index (χ0v) is 24.6. The molecule has 11 nitrogen and oxygen atoms in total. The van der Waals surface area contributed by atoms with Crippen LogP contribution < -0.4 is 10.5 Å². The molecule has 4 atom stereocenters. The first kappa shape index (κ1) is 30.1. The summed E-state index contributed by atoms with van der Waals surface area (Å²) in [4.78, 5) is 43.1. The summed E-state index contributed by atoms with van der Waals surface area (Å²) in [7, 11) is 6.70. The molecule has 1 aromatic carbocycles. The lowest BCUT2D eigenvalue weighted by Gasteiger charge is -2.50. The quantitative estimate of drug-likeness (QED) is 0.299. The van der Waals surface area contributed by atoms with Gasteiger partial charge in [0.25, 0.3) is 5.91 Å². The summed E-state index contributed by atoms with van der Waals surface area (Å²) < 4.78 is 5.84. The topological polar surface area (TPSA) is 174 Å². The molecule has 1 amide bonds. The molecule has 0 spiro atoms. The van der Waals surface area contributed by atoms with E-state index in [2.05, 4.69) is 4.90 Å². The summed E-state index contributed by atoms with van der Waals surface area (Å²) in [5.41, 5.74) is 3.02. The molecule has 2 saturated carbocycles. The van der Waals surface area contributed by atoms with Crippen molar-refractivity contribution in [1.29, 1.82) is 0 Å². The highest BCUT2D eigenvalue weighted by molar-refractivity contribution is 6.24. The van der Waals surface area contributed by atoms with Crippen LogP contribution in [0.25, 0.3) is 5.76 Å². The molecule has 6 N–H and O–H groups in total. The number of aliphatic hydroxyl groups excluding tert-OH is 2. The Morgan fingerprint density at radius 1 is 1.12 bits per heavy atom. The van der Waals surface area contributed by atoms with Crippen LogP contribution in [0.4, 0.5) is 0 Å². The number of aromatic hydroxyl groups is 1. The van der Waals surface area contributed by atoms with Crippen molar-refractivity contribution in [3.8, 4) is 11.5 Å². The van der Waals surface area contributed by atoms with Crippen LogP contribution >= 0.6 is 0 Å². The molecule has 42 heavy (non-hydrogen) atoms. The fourth-order valence-electron chi connectivity index (χ4n) is 7.89. The number of likely N-dealkylation sites (N-methyl/N-ethyl adjacent to an activating group) is 1. The number of Topliss-reactive ketones (excluding diaryl/α,β-unsaturated/α-hetero) is 2. The first-order valence-corrected chi connectivity index (χ1v) is 14.6. The molecule has 5 rings (SSSR count). The number of hydrogen-bond donors (Lipinski definition) is 5. The van der Waals surface area contributed by atoms with Crippen LogP contribution in [0, 0.1) is 17.8 Å². The van der Waals surface area contributed by atoms with Gasteiger partial charge in [0.2, 0.25) is 5.78 Å². The van der Waals surface area contributed by atoms with Gasteiger partial charge in [-0.1, -0.05) is 19.3 Å². The number of amides is 1. The van der Waals surface area contributed by atoms with E-state index in [1.807, 2.05) is 7.05 Å². The Hall–Kier alpha value is -3.41. The van der Waals surface area contributed by atoms with Gasteiger partial charge in [0.1, 0.15) is 28.6 Å². The molecule has 0 heterocycles. The lowest BCUT2D eigenvalue weighted by atomic mass is 9.57. The standard InChI is InChI=1S/C31H41N3O8/c1-33(2)24-19-11-16-10-18-22(25(36)21(16)28(38)31(19,41)29(39)23(26(24)37)30(32)40)20(35)12-17(27(18)42-4)14-34(3)13-15-8-6-5-7-9-15/h12,15-16,19,24,35-36,39,41H,5-11,13-14H2,1-4H3,(H2,32,40)/t16-,19-,24-,31-/m0/s1. The Morgan fingerprint density at radius 2 is 1.79 bits per heavy atom. The lowest BCUT2D eigenvalue weighted by molar-refractivity contribution is -0.153. The van der Waals surface area contributed by atoms with E-state index in [4.69, 9.17) is 10.5 Å². The third-order valence-electron chi connectivity index (χ3n) is 9.69. The fraction of sp³-hybridized carbons (Fsp3) is 0.581. The van der Waals surface area contributed by atoms with E-state index >= 15 is 0 Å². The number of aliphatic hydroxyl groups is 3. The van der Waals surface area contributed by atoms with E-state index in [0.717, 1.165) is 12.1 Å². The van der Waals surface area contributed by atoms with E-state index in [1.54, 1.807) is 14.1 Å². The van der Waals surface area contributed by atoms with Gasteiger partial charge in [0.05, 0.1) is 18.7 Å². The van der Waals surface area contributed by atoms with Gasteiger partial charge in [0, 0.05) is 35.7 Å². The van der Waals surface area contributed by atoms with E-state index < -0.39 is 58.0 Å².